The minimum Gasteiger partial charge on any atom is -0.348 e. The van der Waals surface area contributed by atoms with Crippen LogP contribution in [0.2, 0.25) is 0 Å². The van der Waals surface area contributed by atoms with E-state index in [1.54, 1.807) is 12.1 Å². The smallest absolute Gasteiger partial charge is 0.234 e. The third-order valence-electron chi connectivity index (χ3n) is 5.66. The van der Waals surface area contributed by atoms with E-state index >= 15 is 0 Å². The summed E-state index contributed by atoms with van der Waals surface area (Å²) in [5.41, 5.74) is 2.27. The summed E-state index contributed by atoms with van der Waals surface area (Å²) >= 11 is 0. The fourth-order valence-electron chi connectivity index (χ4n) is 4.17. The van der Waals surface area contributed by atoms with Crippen molar-refractivity contribution in [3.05, 3.63) is 53.6 Å². The van der Waals surface area contributed by atoms with Crippen LogP contribution >= 0.6 is 0 Å². The summed E-state index contributed by atoms with van der Waals surface area (Å²) in [4.78, 5) is 15.0. The second-order valence-electron chi connectivity index (χ2n) is 9.37. The SMILES string of the molecule is Cn1nccc1C1CCN(CC(=O)NC(CC(C)(C)C)c2ccc(F)cc2)CC1. The first-order chi connectivity index (χ1) is 13.7. The number of halogens is 1. The molecule has 6 heteroatoms. The van der Waals surface area contributed by atoms with Gasteiger partial charge in [0.1, 0.15) is 5.82 Å². The minimum absolute atomic E-state index is 0.0301. The number of amides is 1. The van der Waals surface area contributed by atoms with Crippen LogP contribution in [0.1, 0.15) is 63.3 Å². The fourth-order valence-corrected chi connectivity index (χ4v) is 4.17. The second-order valence-corrected chi connectivity index (χ2v) is 9.37. The first-order valence-electron chi connectivity index (χ1n) is 10.5. The summed E-state index contributed by atoms with van der Waals surface area (Å²) in [6.07, 6.45) is 4.72. The van der Waals surface area contributed by atoms with Gasteiger partial charge in [0, 0.05) is 24.9 Å². The van der Waals surface area contributed by atoms with E-state index in [2.05, 4.69) is 42.2 Å². The molecule has 0 saturated carbocycles. The fraction of sp³-hybridized carbons (Fsp3) is 0.565. The molecular formula is C23H33FN4O. The molecule has 1 fully saturated rings. The van der Waals surface area contributed by atoms with Crippen molar-refractivity contribution in [1.29, 1.82) is 0 Å². The Balaban J connectivity index is 1.56. The van der Waals surface area contributed by atoms with Gasteiger partial charge in [-0.3, -0.25) is 14.4 Å². The third kappa shape index (κ3) is 6.13. The van der Waals surface area contributed by atoms with Crippen molar-refractivity contribution in [2.75, 3.05) is 19.6 Å². The molecule has 0 radical (unpaired) electrons. The van der Waals surface area contributed by atoms with Crippen LogP contribution in [0.4, 0.5) is 4.39 Å². The molecule has 1 aromatic heterocycles. The molecule has 5 nitrogen and oxygen atoms in total. The van der Waals surface area contributed by atoms with Gasteiger partial charge in [-0.05, 0) is 61.5 Å². The highest BCUT2D eigenvalue weighted by molar-refractivity contribution is 5.78. The van der Waals surface area contributed by atoms with E-state index < -0.39 is 0 Å². The van der Waals surface area contributed by atoms with Crippen LogP contribution in [0.3, 0.4) is 0 Å². The van der Waals surface area contributed by atoms with Crippen molar-refractivity contribution in [3.8, 4) is 0 Å². The monoisotopic (exact) mass is 400 g/mol. The quantitative estimate of drug-likeness (QED) is 0.796. The Morgan fingerprint density at radius 3 is 2.41 bits per heavy atom. The van der Waals surface area contributed by atoms with E-state index in [-0.39, 0.29) is 23.2 Å². The summed E-state index contributed by atoms with van der Waals surface area (Å²) in [5.74, 6) is 0.281. The van der Waals surface area contributed by atoms with Crippen LogP contribution < -0.4 is 5.32 Å². The number of rotatable bonds is 6. The summed E-state index contributed by atoms with van der Waals surface area (Å²) < 4.78 is 15.3. The van der Waals surface area contributed by atoms with Crippen molar-refractivity contribution in [2.24, 2.45) is 12.5 Å². The van der Waals surface area contributed by atoms with Crippen LogP contribution in [0, 0.1) is 11.2 Å². The molecule has 158 valence electrons. The number of carbonyl (C=O) groups is 1. The molecule has 1 N–H and O–H groups in total. The van der Waals surface area contributed by atoms with Gasteiger partial charge < -0.3 is 5.32 Å². The number of hydrogen-bond acceptors (Lipinski definition) is 3. The number of aryl methyl sites for hydroxylation is 1. The van der Waals surface area contributed by atoms with Crippen molar-refractivity contribution in [2.45, 2.75) is 52.0 Å². The summed E-state index contributed by atoms with van der Waals surface area (Å²) in [5, 5.41) is 7.46. The van der Waals surface area contributed by atoms with Crippen LogP contribution in [-0.2, 0) is 11.8 Å². The normalized spacial score (nSPS) is 17.3. The molecule has 29 heavy (non-hydrogen) atoms. The maximum atomic E-state index is 13.3. The van der Waals surface area contributed by atoms with Gasteiger partial charge in [0.25, 0.3) is 0 Å². The lowest BCUT2D eigenvalue weighted by molar-refractivity contribution is -0.123. The molecule has 1 aromatic carbocycles. The van der Waals surface area contributed by atoms with Crippen molar-refractivity contribution in [3.63, 3.8) is 0 Å². The van der Waals surface area contributed by atoms with Crippen LogP contribution in [0.15, 0.2) is 36.5 Å². The lowest BCUT2D eigenvalue weighted by atomic mass is 9.85. The zero-order valence-electron chi connectivity index (χ0n) is 18.0. The topological polar surface area (TPSA) is 50.2 Å². The maximum absolute atomic E-state index is 13.3. The Hall–Kier alpha value is -2.21. The van der Waals surface area contributed by atoms with E-state index in [1.165, 1.54) is 17.8 Å². The van der Waals surface area contributed by atoms with Crippen molar-refractivity contribution < 1.29 is 9.18 Å². The Morgan fingerprint density at radius 1 is 1.21 bits per heavy atom. The van der Waals surface area contributed by atoms with Gasteiger partial charge in [-0.1, -0.05) is 32.9 Å². The molecule has 1 aliphatic rings. The van der Waals surface area contributed by atoms with Gasteiger partial charge in [-0.2, -0.15) is 5.10 Å². The Kier molecular flexibility index (Phi) is 6.73. The number of aromatic nitrogens is 2. The molecule has 1 amide bonds. The molecule has 2 aromatic rings. The van der Waals surface area contributed by atoms with Crippen LogP contribution in [-0.4, -0.2) is 40.2 Å². The van der Waals surface area contributed by atoms with E-state index in [1.807, 2.05) is 17.9 Å². The Bertz CT molecular complexity index is 801. The zero-order valence-corrected chi connectivity index (χ0v) is 18.0. The summed E-state index contributed by atoms with van der Waals surface area (Å²) in [6, 6.07) is 8.43. The molecule has 1 atom stereocenters. The van der Waals surface area contributed by atoms with Gasteiger partial charge in [-0.25, -0.2) is 4.39 Å². The highest BCUT2D eigenvalue weighted by Crippen LogP contribution is 2.30. The number of nitrogens with one attached hydrogen (secondary N) is 1. The van der Waals surface area contributed by atoms with E-state index in [0.29, 0.717) is 12.5 Å². The molecule has 1 saturated heterocycles. The first kappa shape index (κ1) is 21.5. The largest absolute Gasteiger partial charge is 0.348 e. The van der Waals surface area contributed by atoms with Crippen molar-refractivity contribution >= 4 is 5.91 Å². The molecule has 0 bridgehead atoms. The highest BCUT2D eigenvalue weighted by atomic mass is 19.1. The number of benzene rings is 1. The predicted molar refractivity (Wildman–Crippen MR) is 113 cm³/mol. The van der Waals surface area contributed by atoms with Gasteiger partial charge >= 0.3 is 0 Å². The number of hydrogen-bond donors (Lipinski definition) is 1. The maximum Gasteiger partial charge on any atom is 0.234 e. The molecule has 1 aliphatic heterocycles. The Labute approximate surface area is 173 Å². The second kappa shape index (κ2) is 9.08. The first-order valence-corrected chi connectivity index (χ1v) is 10.5. The Morgan fingerprint density at radius 2 is 1.86 bits per heavy atom. The van der Waals surface area contributed by atoms with Crippen LogP contribution in [0.5, 0.6) is 0 Å². The molecule has 0 aliphatic carbocycles. The van der Waals surface area contributed by atoms with Crippen LogP contribution in [0.25, 0.3) is 0 Å². The van der Waals surface area contributed by atoms with Gasteiger partial charge in [-0.15, -0.1) is 0 Å². The lowest BCUT2D eigenvalue weighted by Crippen LogP contribution is -2.42. The predicted octanol–water partition coefficient (Wildman–Crippen LogP) is 4.03. The van der Waals surface area contributed by atoms with E-state index in [9.17, 15) is 9.18 Å². The van der Waals surface area contributed by atoms with Gasteiger partial charge in [0.05, 0.1) is 12.6 Å². The van der Waals surface area contributed by atoms with E-state index in [0.717, 1.165) is 37.9 Å². The molecular weight excluding hydrogens is 367 g/mol. The average Bonchev–Trinajstić information content (AvgIpc) is 3.07. The third-order valence-corrected chi connectivity index (χ3v) is 5.66. The molecule has 2 heterocycles. The average molecular weight is 401 g/mol. The van der Waals surface area contributed by atoms with E-state index in [4.69, 9.17) is 0 Å². The van der Waals surface area contributed by atoms with Gasteiger partial charge in [0.15, 0.2) is 0 Å². The van der Waals surface area contributed by atoms with Gasteiger partial charge in [0.2, 0.25) is 5.91 Å². The number of likely N-dealkylation sites (tertiary alicyclic amines) is 1. The molecule has 3 rings (SSSR count). The lowest BCUT2D eigenvalue weighted by Gasteiger charge is -2.32. The number of nitrogens with zero attached hydrogens (tertiary/aromatic N) is 3. The standard InChI is InChI=1S/C23H33FN4O/c1-23(2,3)15-20(17-5-7-19(24)8-6-17)26-22(29)16-28-13-10-18(11-14-28)21-9-12-25-27(21)4/h5-9,12,18,20H,10-11,13-16H2,1-4H3,(H,26,29). The molecule has 1 unspecified atom stereocenters. The summed E-state index contributed by atoms with van der Waals surface area (Å²) in [7, 11) is 1.99. The number of piperidine rings is 1. The molecule has 0 spiro atoms. The highest BCUT2D eigenvalue weighted by Gasteiger charge is 2.26. The van der Waals surface area contributed by atoms with Crippen molar-refractivity contribution in [1.82, 2.24) is 20.0 Å². The zero-order chi connectivity index (χ0) is 21.0. The minimum atomic E-state index is -0.258. The number of carbonyl (C=O) groups excluding carboxylic acids is 1. The summed E-state index contributed by atoms with van der Waals surface area (Å²) in [6.45, 7) is 8.67.